The van der Waals surface area contributed by atoms with Crippen molar-refractivity contribution in [3.63, 3.8) is 0 Å². The SMILES string of the molecule is O=C(NP(=O)(N1CCOCC1)N1CCOCC1)C(Cl)(Cl)Cl. The number of hydrogen-bond acceptors (Lipinski definition) is 4. The van der Waals surface area contributed by atoms with E-state index < -0.39 is 17.3 Å². The third kappa shape index (κ3) is 4.45. The molecule has 1 N–H and O–H groups in total. The Morgan fingerprint density at radius 2 is 1.33 bits per heavy atom. The summed E-state index contributed by atoms with van der Waals surface area (Å²) in [5.74, 6) is -0.895. The number of halogens is 3. The van der Waals surface area contributed by atoms with Crippen LogP contribution in [0.1, 0.15) is 0 Å². The van der Waals surface area contributed by atoms with Crippen LogP contribution in [0.2, 0.25) is 0 Å². The molecule has 2 saturated heterocycles. The van der Waals surface area contributed by atoms with Gasteiger partial charge in [0.25, 0.3) is 9.70 Å². The van der Waals surface area contributed by atoms with Gasteiger partial charge in [-0.1, -0.05) is 34.8 Å². The van der Waals surface area contributed by atoms with Gasteiger partial charge in [0.1, 0.15) is 0 Å². The van der Waals surface area contributed by atoms with Crippen LogP contribution in [0.25, 0.3) is 0 Å². The Morgan fingerprint density at radius 1 is 0.952 bits per heavy atom. The fraction of sp³-hybridized carbons (Fsp3) is 0.900. The second-order valence-corrected chi connectivity index (χ2v) is 9.34. The molecule has 7 nitrogen and oxygen atoms in total. The topological polar surface area (TPSA) is 71.1 Å². The zero-order valence-corrected chi connectivity index (χ0v) is 14.4. The maximum Gasteiger partial charge on any atom is 0.311 e. The van der Waals surface area contributed by atoms with Gasteiger partial charge in [-0.05, 0) is 0 Å². The number of amides is 1. The van der Waals surface area contributed by atoms with Crippen LogP contribution in [-0.4, -0.2) is 71.6 Å². The summed E-state index contributed by atoms with van der Waals surface area (Å²) in [5.41, 5.74) is 0. The maximum atomic E-state index is 13.4. The number of rotatable bonds is 3. The monoisotopic (exact) mass is 379 g/mol. The van der Waals surface area contributed by atoms with E-state index in [0.717, 1.165) is 0 Å². The number of carbonyl (C=O) groups is 1. The van der Waals surface area contributed by atoms with E-state index in [1.54, 1.807) is 9.34 Å². The van der Waals surface area contributed by atoms with Gasteiger partial charge < -0.3 is 9.47 Å². The van der Waals surface area contributed by atoms with Crippen molar-refractivity contribution in [2.24, 2.45) is 0 Å². The first-order chi connectivity index (χ1) is 9.84. The second-order valence-electron chi connectivity index (χ2n) is 4.61. The van der Waals surface area contributed by atoms with Crippen molar-refractivity contribution in [1.29, 1.82) is 0 Å². The largest absolute Gasteiger partial charge is 0.379 e. The van der Waals surface area contributed by atoms with Gasteiger partial charge in [-0.15, -0.1) is 0 Å². The molecule has 2 heterocycles. The van der Waals surface area contributed by atoms with Gasteiger partial charge in [-0.2, -0.15) is 0 Å². The van der Waals surface area contributed by atoms with Gasteiger partial charge in [-0.25, -0.2) is 9.34 Å². The predicted octanol–water partition coefficient (Wildman–Crippen LogP) is 1.25. The highest BCUT2D eigenvalue weighted by Gasteiger charge is 2.44. The summed E-state index contributed by atoms with van der Waals surface area (Å²) >= 11 is 16.7. The maximum absolute atomic E-state index is 13.4. The molecule has 21 heavy (non-hydrogen) atoms. The molecule has 2 aliphatic rings. The molecule has 11 heteroatoms. The van der Waals surface area contributed by atoms with E-state index in [2.05, 4.69) is 5.09 Å². The molecule has 0 aromatic carbocycles. The lowest BCUT2D eigenvalue weighted by Gasteiger charge is -2.42. The molecule has 0 aromatic heterocycles. The zero-order valence-electron chi connectivity index (χ0n) is 11.3. The highest BCUT2D eigenvalue weighted by atomic mass is 35.6. The minimum atomic E-state index is -3.37. The van der Waals surface area contributed by atoms with Gasteiger partial charge in [0.15, 0.2) is 0 Å². The minimum absolute atomic E-state index is 0.439. The fourth-order valence-electron chi connectivity index (χ4n) is 2.17. The molecular formula is C10H17Cl3N3O4P. The van der Waals surface area contributed by atoms with Crippen LogP contribution in [0.5, 0.6) is 0 Å². The molecule has 122 valence electrons. The quantitative estimate of drug-likeness (QED) is 0.587. The molecule has 0 saturated carbocycles. The van der Waals surface area contributed by atoms with Gasteiger partial charge in [-0.3, -0.25) is 14.4 Å². The van der Waals surface area contributed by atoms with E-state index in [0.29, 0.717) is 52.6 Å². The Bertz CT molecular complexity index is 400. The predicted molar refractivity (Wildman–Crippen MR) is 80.8 cm³/mol. The van der Waals surface area contributed by atoms with Crippen LogP contribution in [0.4, 0.5) is 0 Å². The number of ether oxygens (including phenoxy) is 2. The number of nitrogens with one attached hydrogen (secondary N) is 1. The van der Waals surface area contributed by atoms with Gasteiger partial charge >= 0.3 is 7.59 Å². The summed E-state index contributed by atoms with van der Waals surface area (Å²) in [4.78, 5) is 12.0. The molecule has 0 bridgehead atoms. The molecule has 0 aromatic rings. The van der Waals surface area contributed by atoms with E-state index in [-0.39, 0.29) is 0 Å². The summed E-state index contributed by atoms with van der Waals surface area (Å²) in [7, 11) is -3.37. The Labute approximate surface area is 138 Å². The smallest absolute Gasteiger partial charge is 0.311 e. The lowest BCUT2D eigenvalue weighted by molar-refractivity contribution is -0.118. The van der Waals surface area contributed by atoms with Crippen molar-refractivity contribution in [1.82, 2.24) is 14.4 Å². The molecule has 0 aliphatic carbocycles. The van der Waals surface area contributed by atoms with Crippen molar-refractivity contribution in [2.75, 3.05) is 52.6 Å². The summed E-state index contributed by atoms with van der Waals surface area (Å²) in [6.45, 7) is 3.53. The Kier molecular flexibility index (Phi) is 6.19. The average molecular weight is 381 g/mol. The highest BCUT2D eigenvalue weighted by Crippen LogP contribution is 2.50. The molecule has 0 unspecified atom stereocenters. The Hall–Kier alpha value is 0.410. The van der Waals surface area contributed by atoms with Crippen molar-refractivity contribution >= 4 is 48.3 Å². The molecule has 2 aliphatic heterocycles. The van der Waals surface area contributed by atoms with Gasteiger partial charge in [0, 0.05) is 26.2 Å². The number of morpholine rings is 2. The number of alkyl halides is 3. The van der Waals surface area contributed by atoms with E-state index in [1.807, 2.05) is 0 Å². The first-order valence-corrected chi connectivity index (χ1v) is 9.24. The molecule has 2 fully saturated rings. The minimum Gasteiger partial charge on any atom is -0.379 e. The van der Waals surface area contributed by atoms with Crippen LogP contribution in [-0.2, 0) is 18.8 Å². The van der Waals surface area contributed by atoms with E-state index >= 15 is 0 Å². The summed E-state index contributed by atoms with van der Waals surface area (Å²) in [6.07, 6.45) is 0. The summed E-state index contributed by atoms with van der Waals surface area (Å²) in [6, 6.07) is 0. The van der Waals surface area contributed by atoms with Crippen LogP contribution in [0, 0.1) is 0 Å². The number of nitrogens with zero attached hydrogens (tertiary/aromatic N) is 2. The normalized spacial score (nSPS) is 23.0. The van der Waals surface area contributed by atoms with E-state index in [1.165, 1.54) is 0 Å². The molecule has 0 radical (unpaired) electrons. The lowest BCUT2D eigenvalue weighted by Crippen LogP contribution is -2.49. The van der Waals surface area contributed by atoms with Gasteiger partial charge in [0.2, 0.25) is 0 Å². The van der Waals surface area contributed by atoms with Crippen LogP contribution >= 0.6 is 42.4 Å². The first-order valence-electron chi connectivity index (χ1n) is 6.50. The highest BCUT2D eigenvalue weighted by molar-refractivity contribution is 7.57. The molecule has 0 atom stereocenters. The van der Waals surface area contributed by atoms with Crippen LogP contribution in [0.3, 0.4) is 0 Å². The third-order valence-corrected chi connectivity index (χ3v) is 6.59. The molecule has 0 spiro atoms. The number of hydrogen-bond donors (Lipinski definition) is 1. The standard InChI is InChI=1S/C10H17Cl3N3O4P/c11-10(12,13)9(17)14-21(18,15-1-5-19-6-2-15)16-3-7-20-8-4-16/h1-8H2,(H,14,17,18). The lowest BCUT2D eigenvalue weighted by atomic mass is 10.5. The van der Waals surface area contributed by atoms with Crippen LogP contribution in [0.15, 0.2) is 0 Å². The van der Waals surface area contributed by atoms with E-state index in [9.17, 15) is 9.36 Å². The van der Waals surface area contributed by atoms with Gasteiger partial charge in [0.05, 0.1) is 26.4 Å². The van der Waals surface area contributed by atoms with Crippen LogP contribution < -0.4 is 5.09 Å². The average Bonchev–Trinajstić information content (AvgIpc) is 2.48. The molecular weight excluding hydrogens is 363 g/mol. The molecule has 2 rings (SSSR count). The van der Waals surface area contributed by atoms with Crippen molar-refractivity contribution in [2.45, 2.75) is 3.79 Å². The Balaban J connectivity index is 2.20. The first kappa shape index (κ1) is 17.8. The number of carbonyl (C=O) groups excluding carboxylic acids is 1. The summed E-state index contributed by atoms with van der Waals surface area (Å²) in [5, 5.41) is 2.43. The van der Waals surface area contributed by atoms with Crippen molar-refractivity contribution in [3.05, 3.63) is 0 Å². The fourth-order valence-corrected chi connectivity index (χ4v) is 4.99. The second kappa shape index (κ2) is 7.32. The van der Waals surface area contributed by atoms with Crippen molar-refractivity contribution < 1.29 is 18.8 Å². The van der Waals surface area contributed by atoms with E-state index in [4.69, 9.17) is 44.3 Å². The zero-order chi connectivity index (χ0) is 15.5. The molecule has 1 amide bonds. The summed E-state index contributed by atoms with van der Waals surface area (Å²) < 4.78 is 25.2. The van der Waals surface area contributed by atoms with Crippen molar-refractivity contribution in [3.8, 4) is 0 Å². The third-order valence-electron chi connectivity index (χ3n) is 3.25. The Morgan fingerprint density at radius 3 is 1.67 bits per heavy atom.